The number of likely N-dealkylation sites (tertiary alicyclic amines) is 1. The van der Waals surface area contributed by atoms with Crippen LogP contribution in [0.15, 0.2) is 28.6 Å². The number of quaternary nitrogens is 1. The summed E-state index contributed by atoms with van der Waals surface area (Å²) in [4.78, 5) is 46.8. The lowest BCUT2D eigenvalue weighted by molar-refractivity contribution is -0.891. The van der Waals surface area contributed by atoms with E-state index in [4.69, 9.17) is 5.73 Å². The number of carbonyl (C=O) groups is 3. The highest BCUT2D eigenvalue weighted by Gasteiger charge is 2.53. The molecule has 2 amide bonds. The van der Waals surface area contributed by atoms with E-state index in [-0.39, 0.29) is 16.7 Å². The summed E-state index contributed by atoms with van der Waals surface area (Å²) in [7, 11) is 2.16. The minimum absolute atomic E-state index is 0.0551. The Kier molecular flexibility index (Phi) is 7.37. The molecule has 3 N–H and O–H groups in total. The molecular formula is C20H24FN7O5S2. The molecule has 3 aliphatic heterocycles. The number of halogens is 1. The summed E-state index contributed by atoms with van der Waals surface area (Å²) in [6, 6.07) is -1.03. The Morgan fingerprint density at radius 2 is 2.17 bits per heavy atom. The minimum atomic E-state index is -1.46. The zero-order valence-electron chi connectivity index (χ0n) is 18.8. The summed E-state index contributed by atoms with van der Waals surface area (Å²) in [5.41, 5.74) is 5.36. The number of rotatable bonds is 9. The average Bonchev–Trinajstić information content (AvgIpc) is 3.45. The predicted octanol–water partition coefficient (Wildman–Crippen LogP) is -1.03. The van der Waals surface area contributed by atoms with Crippen molar-refractivity contribution in [1.82, 2.24) is 19.6 Å². The number of aromatic nitrogens is 2. The maximum atomic E-state index is 12.9. The van der Waals surface area contributed by atoms with E-state index >= 15 is 0 Å². The van der Waals surface area contributed by atoms with Gasteiger partial charge in [-0.2, -0.15) is 9.36 Å². The van der Waals surface area contributed by atoms with Crippen molar-refractivity contribution < 1.29 is 33.2 Å². The summed E-state index contributed by atoms with van der Waals surface area (Å²) in [5, 5.41) is 17.2. The van der Waals surface area contributed by atoms with E-state index in [1.165, 1.54) is 24.6 Å². The molecule has 35 heavy (non-hydrogen) atoms. The number of allylic oxidation sites excluding steroid dienone is 1. The normalized spacial score (nSPS) is 23.9. The lowest BCUT2D eigenvalue weighted by Gasteiger charge is -2.50. The highest BCUT2D eigenvalue weighted by Crippen LogP contribution is 2.40. The van der Waals surface area contributed by atoms with Gasteiger partial charge >= 0.3 is 0 Å². The number of nitrogen functional groups attached to an aromatic ring is 1. The van der Waals surface area contributed by atoms with Gasteiger partial charge in [-0.15, -0.1) is 11.8 Å². The molecule has 0 radical (unpaired) electrons. The Balaban J connectivity index is 1.48. The molecule has 12 nitrogen and oxygen atoms in total. The summed E-state index contributed by atoms with van der Waals surface area (Å²) in [6.45, 7) is 1.62. The molecule has 0 spiro atoms. The van der Waals surface area contributed by atoms with Gasteiger partial charge in [0, 0.05) is 30.1 Å². The maximum Gasteiger partial charge on any atom is 0.278 e. The fourth-order valence-electron chi connectivity index (χ4n) is 4.30. The Bertz CT molecular complexity index is 1120. The molecule has 0 aromatic carbocycles. The average molecular weight is 526 g/mol. The van der Waals surface area contributed by atoms with Crippen molar-refractivity contribution in [1.29, 1.82) is 0 Å². The Labute approximate surface area is 208 Å². The van der Waals surface area contributed by atoms with E-state index < -0.39 is 41.8 Å². The lowest BCUT2D eigenvalue weighted by Crippen LogP contribution is -2.71. The number of fused-ring (bicyclic) bond motifs is 1. The second kappa shape index (κ2) is 10.3. The SMILES string of the molecule is C[N+]1(C/C=C/C2=C(C(=O)[O-])N3C(=O)[C@@H](NC(=O)/C(=N\OCF)c4nsc(N)n4)[C@H]3SC2)CCCC1. The first kappa shape index (κ1) is 25.1. The quantitative estimate of drug-likeness (QED) is 0.178. The van der Waals surface area contributed by atoms with Crippen molar-refractivity contribution in [2.45, 2.75) is 24.3 Å². The van der Waals surface area contributed by atoms with E-state index in [9.17, 15) is 23.9 Å². The van der Waals surface area contributed by atoms with Gasteiger partial charge in [-0.05, 0) is 11.6 Å². The number of nitrogens with one attached hydrogen (secondary N) is 1. The first-order valence-corrected chi connectivity index (χ1v) is 12.6. The van der Waals surface area contributed by atoms with Crippen LogP contribution in [0.5, 0.6) is 0 Å². The van der Waals surface area contributed by atoms with Crippen molar-refractivity contribution in [2.75, 3.05) is 45.0 Å². The number of β-lactam (4-membered cyclic amide) rings is 1. The molecule has 15 heteroatoms. The van der Waals surface area contributed by atoms with Crippen molar-refractivity contribution in [3.05, 3.63) is 29.2 Å². The van der Waals surface area contributed by atoms with Gasteiger partial charge in [0.1, 0.15) is 11.4 Å². The number of carboxylic acid groups (broad SMARTS) is 1. The number of alkyl halides is 1. The third-order valence-electron chi connectivity index (χ3n) is 6.06. The second-order valence-corrected chi connectivity index (χ2v) is 10.4. The summed E-state index contributed by atoms with van der Waals surface area (Å²) < 4.78 is 17.2. The van der Waals surface area contributed by atoms with Crippen LogP contribution in [0.4, 0.5) is 9.52 Å². The third kappa shape index (κ3) is 5.16. The Hall–Kier alpha value is -3.04. The zero-order chi connectivity index (χ0) is 25.2. The molecule has 0 bridgehead atoms. The predicted molar refractivity (Wildman–Crippen MR) is 124 cm³/mol. The molecule has 3 aliphatic rings. The number of nitrogens with zero attached hydrogens (tertiary/aromatic N) is 5. The molecule has 1 aromatic heterocycles. The Morgan fingerprint density at radius 1 is 1.43 bits per heavy atom. The van der Waals surface area contributed by atoms with Gasteiger partial charge in [-0.1, -0.05) is 11.2 Å². The number of hydrogen-bond donors (Lipinski definition) is 2. The van der Waals surface area contributed by atoms with E-state index in [2.05, 4.69) is 31.7 Å². The zero-order valence-corrected chi connectivity index (χ0v) is 20.4. The number of aliphatic carboxylic acids is 1. The van der Waals surface area contributed by atoms with Gasteiger partial charge in [-0.3, -0.25) is 14.5 Å². The van der Waals surface area contributed by atoms with Gasteiger partial charge in [-0.25, -0.2) is 4.39 Å². The molecular weight excluding hydrogens is 501 g/mol. The van der Waals surface area contributed by atoms with Crippen LogP contribution in [0, 0.1) is 0 Å². The van der Waals surface area contributed by atoms with Crippen LogP contribution in [0.2, 0.25) is 0 Å². The van der Waals surface area contributed by atoms with Crippen molar-refractivity contribution >= 4 is 51.9 Å². The van der Waals surface area contributed by atoms with Crippen LogP contribution in [-0.2, 0) is 19.2 Å². The van der Waals surface area contributed by atoms with Crippen LogP contribution in [0.3, 0.4) is 0 Å². The summed E-state index contributed by atoms with van der Waals surface area (Å²) in [6.07, 6.45) is 6.02. The third-order valence-corrected chi connectivity index (χ3v) is 7.91. The molecule has 0 aliphatic carbocycles. The molecule has 2 saturated heterocycles. The fourth-order valence-corrected chi connectivity index (χ4v) is 6.06. The van der Waals surface area contributed by atoms with Crippen LogP contribution < -0.4 is 16.2 Å². The first-order valence-electron chi connectivity index (χ1n) is 10.8. The molecule has 4 heterocycles. The minimum Gasteiger partial charge on any atom is -0.543 e. The number of nitrogens with two attached hydrogens (primary N) is 1. The fraction of sp³-hybridized carbons (Fsp3) is 0.500. The molecule has 0 saturated carbocycles. The highest BCUT2D eigenvalue weighted by atomic mass is 32.2. The highest BCUT2D eigenvalue weighted by molar-refractivity contribution is 8.00. The number of anilines is 1. The van der Waals surface area contributed by atoms with E-state index in [1.807, 2.05) is 6.08 Å². The van der Waals surface area contributed by atoms with Gasteiger partial charge in [0.15, 0.2) is 5.13 Å². The van der Waals surface area contributed by atoms with Gasteiger partial charge in [0.2, 0.25) is 11.5 Å². The molecule has 1 aromatic rings. The lowest BCUT2D eigenvalue weighted by atomic mass is 10.0. The number of likely N-dealkylation sites (N-methyl/N-ethyl adjacent to an activating group) is 1. The topological polar surface area (TPSA) is 163 Å². The van der Waals surface area contributed by atoms with Crippen molar-refractivity contribution in [3.8, 4) is 0 Å². The van der Waals surface area contributed by atoms with E-state index in [0.29, 0.717) is 11.3 Å². The van der Waals surface area contributed by atoms with E-state index in [0.717, 1.165) is 40.5 Å². The first-order chi connectivity index (χ1) is 16.7. The summed E-state index contributed by atoms with van der Waals surface area (Å²) >= 11 is 2.11. The molecule has 4 rings (SSSR count). The van der Waals surface area contributed by atoms with Gasteiger partial charge < -0.3 is 30.3 Å². The van der Waals surface area contributed by atoms with Gasteiger partial charge in [0.25, 0.3) is 18.7 Å². The van der Waals surface area contributed by atoms with Crippen molar-refractivity contribution in [3.63, 3.8) is 0 Å². The van der Waals surface area contributed by atoms with Crippen LogP contribution in [0.25, 0.3) is 0 Å². The van der Waals surface area contributed by atoms with Gasteiger partial charge in [0.05, 0.1) is 38.3 Å². The van der Waals surface area contributed by atoms with Crippen LogP contribution >= 0.6 is 23.3 Å². The monoisotopic (exact) mass is 525 g/mol. The molecule has 2 atom stereocenters. The number of hydrogen-bond acceptors (Lipinski definition) is 11. The number of oxime groups is 1. The molecule has 2 fully saturated rings. The van der Waals surface area contributed by atoms with Crippen LogP contribution in [-0.4, -0.2) is 92.9 Å². The molecule has 0 unspecified atom stereocenters. The Morgan fingerprint density at radius 3 is 2.80 bits per heavy atom. The maximum absolute atomic E-state index is 12.9. The number of amides is 2. The van der Waals surface area contributed by atoms with E-state index in [1.54, 1.807) is 6.08 Å². The largest absolute Gasteiger partial charge is 0.543 e. The number of carbonyl (C=O) groups excluding carboxylic acids is 3. The number of carboxylic acids is 1. The number of thioether (sulfide) groups is 1. The second-order valence-electron chi connectivity index (χ2n) is 8.52. The smallest absolute Gasteiger partial charge is 0.278 e. The van der Waals surface area contributed by atoms with Crippen molar-refractivity contribution in [2.24, 2.45) is 5.16 Å². The molecule has 188 valence electrons. The summed E-state index contributed by atoms with van der Waals surface area (Å²) in [5.74, 6) is -2.83. The standard InChI is InChI=1S/C20H24FN7O5S2/c1-28(6-2-3-7-28)8-4-5-11-9-34-18-13(17(30)27(18)14(11)19(31)32)23-16(29)12(25-33-10-21)15-24-20(22)35-26-15/h4-5,13,18H,2-3,6-10H2,1H3,(H3-,22,23,24,26,29,31,32)/b5-4+,25-12-/t13-,18-/m1/s1. The van der Waals surface area contributed by atoms with Crippen LogP contribution in [0.1, 0.15) is 18.7 Å².